The predicted octanol–water partition coefficient (Wildman–Crippen LogP) is 0.888. The number of nitrogens with two attached hydrogens (primary N) is 1. The third kappa shape index (κ3) is 2.98. The number of nitrogen functional groups attached to an aromatic ring is 1. The van der Waals surface area contributed by atoms with Crippen molar-refractivity contribution in [3.63, 3.8) is 0 Å². The number of rotatable bonds is 2. The van der Waals surface area contributed by atoms with Crippen LogP contribution in [0.4, 0.5) is 5.69 Å². The number of para-hydroxylation sites is 1. The van der Waals surface area contributed by atoms with Crippen LogP contribution in [-0.2, 0) is 16.4 Å². The molecule has 0 aromatic heterocycles. The maximum Gasteiger partial charge on any atom is 0.153 e. The van der Waals surface area contributed by atoms with Crippen LogP contribution in [0.1, 0.15) is 12.5 Å². The molecule has 17 heavy (non-hydrogen) atoms. The lowest BCUT2D eigenvalue weighted by molar-refractivity contribution is 0.218. The first-order valence-electron chi connectivity index (χ1n) is 5.76. The minimum absolute atomic E-state index is 0.0633. The molecular formula is C12H18N2O2S. The molecule has 1 saturated heterocycles. The molecule has 0 bridgehead atoms. The standard InChI is InChI=1S/C12H18N2O2S/c1-10-9-17(15,16)7-6-14(10)8-11-4-2-3-5-12(11)13/h2-5,10H,6-9,13H2,1H3. The van der Waals surface area contributed by atoms with Crippen molar-refractivity contribution < 1.29 is 8.42 Å². The number of hydrogen-bond donors (Lipinski definition) is 1. The number of hydrogen-bond acceptors (Lipinski definition) is 4. The van der Waals surface area contributed by atoms with Crippen molar-refractivity contribution in [1.29, 1.82) is 0 Å². The Hall–Kier alpha value is -1.07. The molecule has 5 heteroatoms. The van der Waals surface area contributed by atoms with Crippen molar-refractivity contribution >= 4 is 15.5 Å². The number of nitrogens with zero attached hydrogens (tertiary/aromatic N) is 1. The van der Waals surface area contributed by atoms with E-state index in [1.54, 1.807) is 0 Å². The van der Waals surface area contributed by atoms with E-state index < -0.39 is 9.84 Å². The number of benzene rings is 1. The van der Waals surface area contributed by atoms with Gasteiger partial charge >= 0.3 is 0 Å². The van der Waals surface area contributed by atoms with Crippen LogP contribution in [-0.4, -0.2) is 37.4 Å². The van der Waals surface area contributed by atoms with Crippen molar-refractivity contribution in [2.45, 2.75) is 19.5 Å². The molecule has 0 radical (unpaired) electrons. The summed E-state index contributed by atoms with van der Waals surface area (Å²) < 4.78 is 22.9. The van der Waals surface area contributed by atoms with Crippen LogP contribution in [0.15, 0.2) is 24.3 Å². The van der Waals surface area contributed by atoms with E-state index in [9.17, 15) is 8.42 Å². The molecule has 2 rings (SSSR count). The summed E-state index contributed by atoms with van der Waals surface area (Å²) in [5.74, 6) is 0.504. The SMILES string of the molecule is CC1CS(=O)(=O)CCN1Cc1ccccc1N. The molecule has 1 unspecified atom stereocenters. The van der Waals surface area contributed by atoms with Gasteiger partial charge in [0.25, 0.3) is 0 Å². The van der Waals surface area contributed by atoms with Crippen LogP contribution in [0, 0.1) is 0 Å². The van der Waals surface area contributed by atoms with Crippen molar-refractivity contribution in [2.24, 2.45) is 0 Å². The Bertz CT molecular complexity index is 499. The Balaban J connectivity index is 2.08. The third-order valence-electron chi connectivity index (χ3n) is 3.24. The summed E-state index contributed by atoms with van der Waals surface area (Å²) in [6, 6.07) is 7.79. The van der Waals surface area contributed by atoms with Gasteiger partial charge in [0.1, 0.15) is 0 Å². The van der Waals surface area contributed by atoms with E-state index in [0.29, 0.717) is 6.54 Å². The Morgan fingerprint density at radius 3 is 2.76 bits per heavy atom. The van der Waals surface area contributed by atoms with Crippen molar-refractivity contribution in [3.8, 4) is 0 Å². The Morgan fingerprint density at radius 1 is 1.41 bits per heavy atom. The zero-order valence-electron chi connectivity index (χ0n) is 9.96. The second kappa shape index (κ2) is 4.66. The molecule has 4 nitrogen and oxygen atoms in total. The fourth-order valence-corrected chi connectivity index (χ4v) is 3.79. The molecule has 1 aliphatic rings. The Labute approximate surface area is 102 Å². The van der Waals surface area contributed by atoms with Gasteiger partial charge in [-0.15, -0.1) is 0 Å². The predicted molar refractivity (Wildman–Crippen MR) is 69.4 cm³/mol. The van der Waals surface area contributed by atoms with E-state index in [1.807, 2.05) is 31.2 Å². The molecule has 0 amide bonds. The number of anilines is 1. The first kappa shape index (κ1) is 12.4. The van der Waals surface area contributed by atoms with Gasteiger partial charge in [-0.25, -0.2) is 8.42 Å². The van der Waals surface area contributed by atoms with Crippen molar-refractivity contribution in [2.75, 3.05) is 23.8 Å². The van der Waals surface area contributed by atoms with Gasteiger partial charge in [0.05, 0.1) is 11.5 Å². The highest BCUT2D eigenvalue weighted by Crippen LogP contribution is 2.18. The molecule has 1 heterocycles. The molecule has 0 spiro atoms. The van der Waals surface area contributed by atoms with E-state index in [4.69, 9.17) is 5.73 Å². The molecule has 1 fully saturated rings. The average Bonchev–Trinajstić information content (AvgIpc) is 2.24. The maximum atomic E-state index is 11.5. The zero-order valence-corrected chi connectivity index (χ0v) is 10.8. The Morgan fingerprint density at radius 2 is 2.12 bits per heavy atom. The van der Waals surface area contributed by atoms with E-state index >= 15 is 0 Å². The quantitative estimate of drug-likeness (QED) is 0.796. The minimum Gasteiger partial charge on any atom is -0.398 e. The highest BCUT2D eigenvalue weighted by atomic mass is 32.2. The molecule has 1 atom stereocenters. The van der Waals surface area contributed by atoms with E-state index in [0.717, 1.165) is 17.8 Å². The van der Waals surface area contributed by atoms with E-state index in [-0.39, 0.29) is 17.5 Å². The zero-order chi connectivity index (χ0) is 12.5. The minimum atomic E-state index is -2.84. The van der Waals surface area contributed by atoms with Crippen LogP contribution in [0.25, 0.3) is 0 Å². The lowest BCUT2D eigenvalue weighted by Gasteiger charge is -2.33. The molecule has 2 N–H and O–H groups in total. The van der Waals surface area contributed by atoms with Crippen LogP contribution in [0.5, 0.6) is 0 Å². The summed E-state index contributed by atoms with van der Waals surface area (Å²) in [5.41, 5.74) is 7.73. The Kier molecular flexibility index (Phi) is 3.40. The van der Waals surface area contributed by atoms with Crippen molar-refractivity contribution in [3.05, 3.63) is 29.8 Å². The van der Waals surface area contributed by atoms with Crippen LogP contribution in [0.2, 0.25) is 0 Å². The summed E-state index contributed by atoms with van der Waals surface area (Å²) in [7, 11) is -2.84. The highest BCUT2D eigenvalue weighted by molar-refractivity contribution is 7.91. The summed E-state index contributed by atoms with van der Waals surface area (Å²) in [4.78, 5) is 2.17. The highest BCUT2D eigenvalue weighted by Gasteiger charge is 2.28. The largest absolute Gasteiger partial charge is 0.398 e. The van der Waals surface area contributed by atoms with Gasteiger partial charge in [0, 0.05) is 24.8 Å². The summed E-state index contributed by atoms with van der Waals surface area (Å²) in [5, 5.41) is 0. The summed E-state index contributed by atoms with van der Waals surface area (Å²) in [6.45, 7) is 3.27. The smallest absolute Gasteiger partial charge is 0.153 e. The molecule has 1 aliphatic heterocycles. The first-order valence-corrected chi connectivity index (χ1v) is 7.58. The maximum absolute atomic E-state index is 11.5. The lowest BCUT2D eigenvalue weighted by atomic mass is 10.1. The molecule has 94 valence electrons. The second-order valence-electron chi connectivity index (χ2n) is 4.63. The van der Waals surface area contributed by atoms with Crippen LogP contribution < -0.4 is 5.73 Å². The molecule has 1 aromatic carbocycles. The average molecular weight is 254 g/mol. The normalized spacial score (nSPS) is 24.6. The van der Waals surface area contributed by atoms with Gasteiger partial charge in [0.15, 0.2) is 9.84 Å². The molecule has 1 aromatic rings. The molecule has 0 aliphatic carbocycles. The van der Waals surface area contributed by atoms with Gasteiger partial charge in [-0.05, 0) is 18.6 Å². The van der Waals surface area contributed by atoms with Crippen LogP contribution in [0.3, 0.4) is 0 Å². The molecular weight excluding hydrogens is 236 g/mol. The fraction of sp³-hybridized carbons (Fsp3) is 0.500. The summed E-state index contributed by atoms with van der Waals surface area (Å²) >= 11 is 0. The molecule has 0 saturated carbocycles. The van der Waals surface area contributed by atoms with Gasteiger partial charge in [-0.1, -0.05) is 18.2 Å². The van der Waals surface area contributed by atoms with Gasteiger partial charge in [-0.3, -0.25) is 4.90 Å². The van der Waals surface area contributed by atoms with Gasteiger partial charge < -0.3 is 5.73 Å². The summed E-state index contributed by atoms with van der Waals surface area (Å²) in [6.07, 6.45) is 0. The third-order valence-corrected chi connectivity index (χ3v) is 5.03. The van der Waals surface area contributed by atoms with Gasteiger partial charge in [0.2, 0.25) is 0 Å². The van der Waals surface area contributed by atoms with Crippen LogP contribution >= 0.6 is 0 Å². The first-order chi connectivity index (χ1) is 7.98. The lowest BCUT2D eigenvalue weighted by Crippen LogP contribution is -2.46. The van der Waals surface area contributed by atoms with Crippen molar-refractivity contribution in [1.82, 2.24) is 4.90 Å². The van der Waals surface area contributed by atoms with Gasteiger partial charge in [-0.2, -0.15) is 0 Å². The monoisotopic (exact) mass is 254 g/mol. The van der Waals surface area contributed by atoms with E-state index in [2.05, 4.69) is 4.90 Å². The van der Waals surface area contributed by atoms with E-state index in [1.165, 1.54) is 0 Å². The number of sulfone groups is 1. The fourth-order valence-electron chi connectivity index (χ4n) is 2.16. The topological polar surface area (TPSA) is 63.4 Å². The second-order valence-corrected chi connectivity index (χ2v) is 6.86.